The van der Waals surface area contributed by atoms with Gasteiger partial charge in [-0.2, -0.15) is 0 Å². The molecule has 1 heterocycles. The van der Waals surface area contributed by atoms with Gasteiger partial charge in [-0.25, -0.2) is 0 Å². The maximum atomic E-state index is 12.9. The molecule has 0 aliphatic carbocycles. The quantitative estimate of drug-likeness (QED) is 0.413. The Bertz CT molecular complexity index is 787. The minimum atomic E-state index is -0.243. The van der Waals surface area contributed by atoms with E-state index in [4.69, 9.17) is 16.3 Å². The van der Waals surface area contributed by atoms with Crippen LogP contribution < -0.4 is 4.90 Å². The summed E-state index contributed by atoms with van der Waals surface area (Å²) in [7, 11) is 1.57. The molecule has 32 heavy (non-hydrogen) atoms. The molecule has 3 amide bonds. The summed E-state index contributed by atoms with van der Waals surface area (Å²) in [4.78, 5) is 42.8. The van der Waals surface area contributed by atoms with Crippen molar-refractivity contribution in [2.24, 2.45) is 0 Å². The number of benzene rings is 1. The molecule has 0 aromatic heterocycles. The zero-order chi connectivity index (χ0) is 23.5. The van der Waals surface area contributed by atoms with Gasteiger partial charge >= 0.3 is 0 Å². The van der Waals surface area contributed by atoms with Crippen molar-refractivity contribution in [3.8, 4) is 0 Å². The zero-order valence-electron chi connectivity index (χ0n) is 19.6. The molecule has 2 rings (SSSR count). The van der Waals surface area contributed by atoms with Crippen LogP contribution in [0, 0.1) is 6.92 Å². The second-order valence-corrected chi connectivity index (χ2v) is 8.67. The fourth-order valence-corrected chi connectivity index (χ4v) is 3.96. The lowest BCUT2D eigenvalue weighted by molar-refractivity contribution is -0.140. The molecule has 0 N–H and O–H groups in total. The van der Waals surface area contributed by atoms with Crippen LogP contribution in [0.3, 0.4) is 0 Å². The largest absolute Gasteiger partial charge is 0.383 e. The van der Waals surface area contributed by atoms with E-state index >= 15 is 0 Å². The fraction of sp³-hybridized carbons (Fsp3) is 0.625. The molecule has 0 atom stereocenters. The Morgan fingerprint density at radius 1 is 1.16 bits per heavy atom. The van der Waals surface area contributed by atoms with Crippen molar-refractivity contribution in [3.63, 3.8) is 0 Å². The summed E-state index contributed by atoms with van der Waals surface area (Å²) in [6.45, 7) is 4.85. The average Bonchev–Trinajstić information content (AvgIpc) is 3.16. The average molecular weight is 466 g/mol. The molecule has 1 aromatic carbocycles. The van der Waals surface area contributed by atoms with Gasteiger partial charge in [0.05, 0.1) is 13.2 Å². The normalized spacial score (nSPS) is 13.7. The number of hydrogen-bond donors (Lipinski definition) is 0. The molecule has 1 saturated heterocycles. The smallest absolute Gasteiger partial charge is 0.248 e. The number of unbranched alkanes of at least 4 members (excludes halogenated alkanes) is 5. The second-order valence-electron chi connectivity index (χ2n) is 8.26. The zero-order valence-corrected chi connectivity index (χ0v) is 20.3. The number of nitrogens with zero attached hydrogens (tertiary/aromatic N) is 3. The van der Waals surface area contributed by atoms with Gasteiger partial charge in [-0.15, -0.1) is 0 Å². The fourth-order valence-electron chi connectivity index (χ4n) is 3.79. The standard InChI is InChI=1S/C24H36ClN3O4/c1-4-5-6-7-8-9-13-22(29)26(14-15-32-3)16-23(30)27-17-24(31)28(18-27)21-12-10-11-20(25)19(21)2/h10-12H,4-9,13-18H2,1-3H3. The molecule has 1 aliphatic heterocycles. The molecule has 1 aromatic rings. The molecule has 1 aliphatic rings. The van der Waals surface area contributed by atoms with E-state index in [1.54, 1.807) is 29.0 Å². The van der Waals surface area contributed by atoms with Crippen molar-refractivity contribution < 1.29 is 19.1 Å². The van der Waals surface area contributed by atoms with Crippen molar-refractivity contribution in [2.45, 2.75) is 58.8 Å². The second kappa shape index (κ2) is 13.4. The van der Waals surface area contributed by atoms with Crippen LogP contribution in [-0.2, 0) is 19.1 Å². The molecule has 178 valence electrons. The number of carbonyl (C=O) groups is 3. The molecule has 0 spiro atoms. The van der Waals surface area contributed by atoms with Crippen LogP contribution in [0.2, 0.25) is 5.02 Å². The number of hydrogen-bond acceptors (Lipinski definition) is 4. The minimum Gasteiger partial charge on any atom is -0.383 e. The lowest BCUT2D eigenvalue weighted by Crippen LogP contribution is -2.44. The molecular formula is C24H36ClN3O4. The number of methoxy groups -OCH3 is 1. The molecule has 1 fully saturated rings. The summed E-state index contributed by atoms with van der Waals surface area (Å²) in [6, 6.07) is 5.38. The van der Waals surface area contributed by atoms with Crippen molar-refractivity contribution in [1.29, 1.82) is 0 Å². The first kappa shape index (κ1) is 26.1. The highest BCUT2D eigenvalue weighted by Crippen LogP contribution is 2.28. The Balaban J connectivity index is 1.93. The Morgan fingerprint density at radius 2 is 1.88 bits per heavy atom. The topological polar surface area (TPSA) is 70.2 Å². The van der Waals surface area contributed by atoms with Gasteiger partial charge in [0, 0.05) is 30.8 Å². The van der Waals surface area contributed by atoms with Gasteiger partial charge in [-0.05, 0) is 31.0 Å². The van der Waals surface area contributed by atoms with Gasteiger partial charge in [-0.1, -0.05) is 56.7 Å². The molecule has 0 unspecified atom stereocenters. The van der Waals surface area contributed by atoms with Crippen LogP contribution >= 0.6 is 11.6 Å². The monoisotopic (exact) mass is 465 g/mol. The third kappa shape index (κ3) is 7.48. The molecular weight excluding hydrogens is 430 g/mol. The van der Waals surface area contributed by atoms with Gasteiger partial charge < -0.3 is 14.5 Å². The number of anilines is 1. The van der Waals surface area contributed by atoms with Gasteiger partial charge in [0.1, 0.15) is 13.2 Å². The van der Waals surface area contributed by atoms with E-state index in [-0.39, 0.29) is 37.5 Å². The summed E-state index contributed by atoms with van der Waals surface area (Å²) < 4.78 is 5.12. The molecule has 0 saturated carbocycles. The Morgan fingerprint density at radius 3 is 2.59 bits per heavy atom. The van der Waals surface area contributed by atoms with Crippen LogP contribution in [0.4, 0.5) is 5.69 Å². The van der Waals surface area contributed by atoms with Gasteiger partial charge in [0.2, 0.25) is 17.7 Å². The third-order valence-electron chi connectivity index (χ3n) is 5.81. The van der Waals surface area contributed by atoms with Crippen LogP contribution in [0.25, 0.3) is 0 Å². The first-order valence-corrected chi connectivity index (χ1v) is 11.9. The summed E-state index contributed by atoms with van der Waals surface area (Å²) in [5, 5.41) is 0.575. The predicted octanol–water partition coefficient (Wildman–Crippen LogP) is 4.01. The number of halogens is 1. The molecule has 8 heteroatoms. The first-order valence-electron chi connectivity index (χ1n) is 11.5. The summed E-state index contributed by atoms with van der Waals surface area (Å²) >= 11 is 6.19. The lowest BCUT2D eigenvalue weighted by Gasteiger charge is -2.25. The Hall–Kier alpha value is -2.12. The maximum Gasteiger partial charge on any atom is 0.248 e. The molecule has 7 nitrogen and oxygen atoms in total. The van der Waals surface area contributed by atoms with Crippen molar-refractivity contribution in [1.82, 2.24) is 9.80 Å². The van der Waals surface area contributed by atoms with E-state index in [1.165, 1.54) is 24.2 Å². The minimum absolute atomic E-state index is 0.00543. The van der Waals surface area contributed by atoms with E-state index in [0.29, 0.717) is 30.3 Å². The maximum absolute atomic E-state index is 12.9. The van der Waals surface area contributed by atoms with Crippen LogP contribution in [0.1, 0.15) is 57.4 Å². The van der Waals surface area contributed by atoms with Crippen molar-refractivity contribution in [3.05, 3.63) is 28.8 Å². The predicted molar refractivity (Wildman–Crippen MR) is 127 cm³/mol. The van der Waals surface area contributed by atoms with Gasteiger partial charge in [-0.3, -0.25) is 19.3 Å². The van der Waals surface area contributed by atoms with E-state index in [1.807, 2.05) is 13.0 Å². The lowest BCUT2D eigenvalue weighted by atomic mass is 10.1. The summed E-state index contributed by atoms with van der Waals surface area (Å²) in [6.07, 6.45) is 7.02. The number of carbonyl (C=O) groups excluding carboxylic acids is 3. The third-order valence-corrected chi connectivity index (χ3v) is 6.22. The SMILES string of the molecule is CCCCCCCCC(=O)N(CCOC)CC(=O)N1CC(=O)N(c2cccc(Cl)c2C)C1. The highest BCUT2D eigenvalue weighted by Gasteiger charge is 2.33. The summed E-state index contributed by atoms with van der Waals surface area (Å²) in [5.41, 5.74) is 1.50. The summed E-state index contributed by atoms with van der Waals surface area (Å²) in [5.74, 6) is -0.447. The van der Waals surface area contributed by atoms with E-state index in [2.05, 4.69) is 6.92 Å². The molecule has 0 radical (unpaired) electrons. The van der Waals surface area contributed by atoms with E-state index < -0.39 is 0 Å². The molecule has 0 bridgehead atoms. The highest BCUT2D eigenvalue weighted by atomic mass is 35.5. The number of rotatable bonds is 13. The van der Waals surface area contributed by atoms with Gasteiger partial charge in [0.15, 0.2) is 0 Å². The van der Waals surface area contributed by atoms with Gasteiger partial charge in [0.25, 0.3) is 0 Å². The van der Waals surface area contributed by atoms with E-state index in [0.717, 1.165) is 24.8 Å². The van der Waals surface area contributed by atoms with Crippen LogP contribution in [0.15, 0.2) is 18.2 Å². The number of amides is 3. The van der Waals surface area contributed by atoms with Crippen molar-refractivity contribution in [2.75, 3.05) is 44.9 Å². The van der Waals surface area contributed by atoms with Crippen LogP contribution in [-0.4, -0.2) is 67.5 Å². The first-order chi connectivity index (χ1) is 15.4. The Labute approximate surface area is 196 Å². The Kier molecular flexibility index (Phi) is 11.0. The van der Waals surface area contributed by atoms with E-state index in [9.17, 15) is 14.4 Å². The van der Waals surface area contributed by atoms with Crippen LogP contribution in [0.5, 0.6) is 0 Å². The number of ether oxygens (including phenoxy) is 1. The van der Waals surface area contributed by atoms with Crippen molar-refractivity contribution >= 4 is 35.0 Å². The highest BCUT2D eigenvalue weighted by molar-refractivity contribution is 6.31.